The van der Waals surface area contributed by atoms with E-state index in [1.165, 1.54) is 11.3 Å². The van der Waals surface area contributed by atoms with Crippen molar-refractivity contribution in [3.05, 3.63) is 21.9 Å². The molecule has 0 aromatic carbocycles. The number of hydrogen-bond donors (Lipinski definition) is 1. The van der Waals surface area contributed by atoms with Gasteiger partial charge in [-0.3, -0.25) is 4.79 Å². The van der Waals surface area contributed by atoms with Crippen LogP contribution in [0.25, 0.3) is 0 Å². The van der Waals surface area contributed by atoms with Gasteiger partial charge in [0.05, 0.1) is 5.56 Å². The van der Waals surface area contributed by atoms with Crippen molar-refractivity contribution >= 4 is 17.2 Å². The standard InChI is InChI=1S/C6H4N2OS/c7-3-4-1-2-10-5(4)6(8)9/h1-2H,(H2,8,9). The molecule has 3 nitrogen and oxygen atoms in total. The first-order chi connectivity index (χ1) is 4.75. The molecule has 0 unspecified atom stereocenters. The van der Waals surface area contributed by atoms with Crippen LogP contribution in [0.5, 0.6) is 0 Å². The second-order valence-electron chi connectivity index (χ2n) is 1.64. The number of carbonyl (C=O) groups excluding carboxylic acids is 1. The molecule has 0 spiro atoms. The Labute approximate surface area is 61.7 Å². The zero-order chi connectivity index (χ0) is 7.56. The summed E-state index contributed by atoms with van der Waals surface area (Å²) in [5.74, 6) is -0.536. The molecular formula is C6H4N2OS. The second-order valence-corrected chi connectivity index (χ2v) is 2.56. The quantitative estimate of drug-likeness (QED) is 0.644. The third kappa shape index (κ3) is 0.993. The van der Waals surface area contributed by atoms with Gasteiger partial charge in [-0.1, -0.05) is 0 Å². The monoisotopic (exact) mass is 152 g/mol. The van der Waals surface area contributed by atoms with E-state index in [9.17, 15) is 4.79 Å². The van der Waals surface area contributed by atoms with Crippen molar-refractivity contribution in [1.82, 2.24) is 0 Å². The average Bonchev–Trinajstić information content (AvgIpc) is 2.33. The minimum atomic E-state index is -0.536. The van der Waals surface area contributed by atoms with Gasteiger partial charge in [-0.2, -0.15) is 5.26 Å². The highest BCUT2D eigenvalue weighted by Crippen LogP contribution is 2.13. The summed E-state index contributed by atoms with van der Waals surface area (Å²) in [5, 5.41) is 10.1. The summed E-state index contributed by atoms with van der Waals surface area (Å²) in [7, 11) is 0. The SMILES string of the molecule is N#Cc1ccsc1C(N)=O. The molecule has 0 atom stereocenters. The molecular weight excluding hydrogens is 148 g/mol. The number of rotatable bonds is 1. The first kappa shape index (κ1) is 6.78. The Balaban J connectivity index is 3.17. The van der Waals surface area contributed by atoms with Crippen LogP contribution in [0.3, 0.4) is 0 Å². The molecule has 1 aromatic rings. The number of nitriles is 1. The number of carbonyl (C=O) groups is 1. The van der Waals surface area contributed by atoms with E-state index in [0.717, 1.165) is 0 Å². The van der Waals surface area contributed by atoms with E-state index in [0.29, 0.717) is 10.4 Å². The third-order valence-corrected chi connectivity index (χ3v) is 1.94. The molecule has 1 heterocycles. The highest BCUT2D eigenvalue weighted by molar-refractivity contribution is 7.12. The predicted octanol–water partition coefficient (Wildman–Crippen LogP) is 0.719. The molecule has 0 saturated carbocycles. The molecule has 0 aliphatic carbocycles. The van der Waals surface area contributed by atoms with Crippen molar-refractivity contribution in [3.63, 3.8) is 0 Å². The first-order valence-electron chi connectivity index (χ1n) is 2.53. The molecule has 0 saturated heterocycles. The second kappa shape index (κ2) is 2.50. The Morgan fingerprint density at radius 3 is 2.90 bits per heavy atom. The van der Waals surface area contributed by atoms with Gasteiger partial charge >= 0.3 is 0 Å². The Morgan fingerprint density at radius 2 is 2.50 bits per heavy atom. The molecule has 0 aliphatic rings. The molecule has 1 rings (SSSR count). The van der Waals surface area contributed by atoms with Crippen LogP contribution >= 0.6 is 11.3 Å². The Kier molecular flexibility index (Phi) is 1.69. The largest absolute Gasteiger partial charge is 0.365 e. The van der Waals surface area contributed by atoms with Crippen molar-refractivity contribution in [2.75, 3.05) is 0 Å². The lowest BCUT2D eigenvalue weighted by molar-refractivity contribution is 0.100. The van der Waals surface area contributed by atoms with Gasteiger partial charge in [-0.25, -0.2) is 0 Å². The van der Waals surface area contributed by atoms with Gasteiger partial charge in [0.25, 0.3) is 5.91 Å². The fourth-order valence-electron chi connectivity index (χ4n) is 0.588. The Bertz CT molecular complexity index is 297. The van der Waals surface area contributed by atoms with Crippen molar-refractivity contribution in [2.45, 2.75) is 0 Å². The van der Waals surface area contributed by atoms with E-state index >= 15 is 0 Å². The van der Waals surface area contributed by atoms with Crippen LogP contribution in [-0.4, -0.2) is 5.91 Å². The summed E-state index contributed by atoms with van der Waals surface area (Å²) in [6.45, 7) is 0. The molecule has 1 aromatic heterocycles. The number of hydrogen-bond acceptors (Lipinski definition) is 3. The maximum atomic E-state index is 10.5. The Morgan fingerprint density at radius 1 is 1.80 bits per heavy atom. The summed E-state index contributed by atoms with van der Waals surface area (Å²) in [6, 6.07) is 3.44. The minimum absolute atomic E-state index is 0.336. The minimum Gasteiger partial charge on any atom is -0.365 e. The van der Waals surface area contributed by atoms with E-state index in [1.807, 2.05) is 6.07 Å². The number of nitrogens with two attached hydrogens (primary N) is 1. The summed E-state index contributed by atoms with van der Waals surface area (Å²) in [4.78, 5) is 10.9. The zero-order valence-corrected chi connectivity index (χ0v) is 5.81. The van der Waals surface area contributed by atoms with Crippen LogP contribution in [0.1, 0.15) is 15.2 Å². The van der Waals surface area contributed by atoms with E-state index in [2.05, 4.69) is 0 Å². The van der Waals surface area contributed by atoms with Crippen molar-refractivity contribution in [2.24, 2.45) is 5.73 Å². The lowest BCUT2D eigenvalue weighted by atomic mass is 10.3. The topological polar surface area (TPSA) is 66.9 Å². The molecule has 0 fully saturated rings. The summed E-state index contributed by atoms with van der Waals surface area (Å²) < 4.78 is 0. The highest BCUT2D eigenvalue weighted by atomic mass is 32.1. The van der Waals surface area contributed by atoms with Crippen LogP contribution in [-0.2, 0) is 0 Å². The van der Waals surface area contributed by atoms with Gasteiger partial charge in [0.15, 0.2) is 0 Å². The summed E-state index contributed by atoms with van der Waals surface area (Å²) in [6.07, 6.45) is 0. The molecule has 4 heteroatoms. The van der Waals surface area contributed by atoms with Crippen LogP contribution in [0.4, 0.5) is 0 Å². The predicted molar refractivity (Wildman–Crippen MR) is 37.6 cm³/mol. The fourth-order valence-corrected chi connectivity index (χ4v) is 1.29. The van der Waals surface area contributed by atoms with Gasteiger partial charge < -0.3 is 5.73 Å². The van der Waals surface area contributed by atoms with Gasteiger partial charge in [0, 0.05) is 0 Å². The zero-order valence-electron chi connectivity index (χ0n) is 5.00. The van der Waals surface area contributed by atoms with Gasteiger partial charge in [0.1, 0.15) is 10.9 Å². The normalized spacial score (nSPS) is 8.70. The molecule has 2 N–H and O–H groups in total. The molecule has 1 amide bonds. The smallest absolute Gasteiger partial charge is 0.260 e. The summed E-state index contributed by atoms with van der Waals surface area (Å²) >= 11 is 1.19. The van der Waals surface area contributed by atoms with Gasteiger partial charge in [-0.05, 0) is 11.4 Å². The molecule has 0 bridgehead atoms. The maximum Gasteiger partial charge on any atom is 0.260 e. The summed E-state index contributed by atoms with van der Waals surface area (Å²) in [5.41, 5.74) is 5.31. The average molecular weight is 152 g/mol. The van der Waals surface area contributed by atoms with Gasteiger partial charge in [-0.15, -0.1) is 11.3 Å². The number of thiophene rings is 1. The fraction of sp³-hybridized carbons (Fsp3) is 0. The molecule has 0 aliphatic heterocycles. The van der Waals surface area contributed by atoms with Crippen LogP contribution in [0, 0.1) is 11.3 Å². The lowest BCUT2D eigenvalue weighted by Gasteiger charge is -1.85. The van der Waals surface area contributed by atoms with Crippen LogP contribution in [0.15, 0.2) is 11.4 Å². The molecule has 10 heavy (non-hydrogen) atoms. The lowest BCUT2D eigenvalue weighted by Crippen LogP contribution is -2.09. The number of amides is 1. The van der Waals surface area contributed by atoms with Crippen molar-refractivity contribution in [1.29, 1.82) is 5.26 Å². The van der Waals surface area contributed by atoms with E-state index in [4.69, 9.17) is 11.0 Å². The molecule has 50 valence electrons. The van der Waals surface area contributed by atoms with E-state index < -0.39 is 5.91 Å². The molecule has 0 radical (unpaired) electrons. The van der Waals surface area contributed by atoms with Crippen molar-refractivity contribution in [3.8, 4) is 6.07 Å². The van der Waals surface area contributed by atoms with Crippen LogP contribution < -0.4 is 5.73 Å². The van der Waals surface area contributed by atoms with Gasteiger partial charge in [0.2, 0.25) is 0 Å². The highest BCUT2D eigenvalue weighted by Gasteiger charge is 2.07. The number of nitrogens with zero attached hydrogens (tertiary/aromatic N) is 1. The van der Waals surface area contributed by atoms with Crippen LogP contribution in [0.2, 0.25) is 0 Å². The third-order valence-electron chi connectivity index (χ3n) is 1.01. The Hall–Kier alpha value is -1.34. The number of primary amides is 1. The van der Waals surface area contributed by atoms with E-state index in [1.54, 1.807) is 11.4 Å². The first-order valence-corrected chi connectivity index (χ1v) is 3.41. The van der Waals surface area contributed by atoms with Crippen molar-refractivity contribution < 1.29 is 4.79 Å². The maximum absolute atomic E-state index is 10.5. The van der Waals surface area contributed by atoms with E-state index in [-0.39, 0.29) is 0 Å².